The number of hydrogen-bond acceptors (Lipinski definition) is 5. The van der Waals surface area contributed by atoms with Crippen molar-refractivity contribution in [3.8, 4) is 11.1 Å². The number of hydrogen-bond donors (Lipinski definition) is 3. The Labute approximate surface area is 217 Å². The Morgan fingerprint density at radius 3 is 2.33 bits per heavy atom. The van der Waals surface area contributed by atoms with Gasteiger partial charge >= 0.3 is 12.2 Å². The van der Waals surface area contributed by atoms with Gasteiger partial charge in [0.15, 0.2) is 5.82 Å². The van der Waals surface area contributed by atoms with Crippen LogP contribution in [0.25, 0.3) is 16.6 Å². The summed E-state index contributed by atoms with van der Waals surface area (Å²) in [6.07, 6.45) is -2.13. The van der Waals surface area contributed by atoms with Gasteiger partial charge < -0.3 is 16.8 Å². The molecule has 2 aromatic carbocycles. The van der Waals surface area contributed by atoms with E-state index in [0.717, 1.165) is 32.0 Å². The summed E-state index contributed by atoms with van der Waals surface area (Å²) in [4.78, 5) is 16.3. The van der Waals surface area contributed by atoms with Crippen LogP contribution in [0.2, 0.25) is 0 Å². The topological polar surface area (TPSA) is 115 Å². The molecule has 0 unspecified atom stereocenters. The number of fused-ring (bicyclic) bond motifs is 1. The van der Waals surface area contributed by atoms with Gasteiger partial charge in [-0.2, -0.15) is 18.3 Å². The highest BCUT2D eigenvalue weighted by molar-refractivity contribution is 5.99. The second kappa shape index (κ2) is 9.76. The summed E-state index contributed by atoms with van der Waals surface area (Å²) in [7, 11) is 0. The lowest BCUT2D eigenvalue weighted by Crippen LogP contribution is -2.33. The van der Waals surface area contributed by atoms with Crippen molar-refractivity contribution in [1.82, 2.24) is 19.9 Å². The number of nitrogens with zero attached hydrogens (tertiary/aromatic N) is 4. The van der Waals surface area contributed by atoms with Gasteiger partial charge in [0.25, 0.3) is 0 Å². The van der Waals surface area contributed by atoms with Crippen LogP contribution in [0, 0.1) is 17.5 Å². The van der Waals surface area contributed by atoms with Gasteiger partial charge in [0.05, 0.1) is 16.9 Å². The highest BCUT2D eigenvalue weighted by atomic mass is 19.4. The standard InChI is InChI=1S/C25H21F6N7O/c26-16-2-1-13(25(29,30)31)7-20(16)37(24(33)39)21-10-17(27)14(8-18(21)28)15-9-19(12-3-5-34-6-4-12)38-22(15)23(32)35-11-36-38/h1-2,7-12,34H,3-6H2,(H2,33,39)(H2,32,35,36). The smallest absolute Gasteiger partial charge is 0.382 e. The fourth-order valence-corrected chi connectivity index (χ4v) is 4.85. The van der Waals surface area contributed by atoms with Crippen LogP contribution in [0.3, 0.4) is 0 Å². The van der Waals surface area contributed by atoms with Crippen molar-refractivity contribution in [2.24, 2.45) is 5.73 Å². The predicted octanol–water partition coefficient (Wildman–Crippen LogP) is 5.10. The van der Waals surface area contributed by atoms with E-state index in [-0.39, 0.29) is 39.3 Å². The summed E-state index contributed by atoms with van der Waals surface area (Å²) in [6, 6.07) is 2.59. The number of alkyl halides is 3. The van der Waals surface area contributed by atoms with Crippen LogP contribution in [-0.4, -0.2) is 33.7 Å². The maximum absolute atomic E-state index is 15.6. The van der Waals surface area contributed by atoms with Crippen molar-refractivity contribution in [3.05, 3.63) is 71.4 Å². The van der Waals surface area contributed by atoms with Crippen molar-refractivity contribution < 1.29 is 31.1 Å². The van der Waals surface area contributed by atoms with E-state index in [4.69, 9.17) is 11.5 Å². The zero-order valence-corrected chi connectivity index (χ0v) is 20.1. The third-order valence-electron chi connectivity index (χ3n) is 6.67. The first-order valence-corrected chi connectivity index (χ1v) is 11.8. The molecule has 0 saturated carbocycles. The van der Waals surface area contributed by atoms with Crippen LogP contribution in [0.1, 0.15) is 30.0 Å². The van der Waals surface area contributed by atoms with Crippen molar-refractivity contribution in [3.63, 3.8) is 0 Å². The number of aromatic nitrogens is 3. The maximum Gasteiger partial charge on any atom is 0.416 e. The van der Waals surface area contributed by atoms with E-state index in [1.807, 2.05) is 0 Å². The first-order chi connectivity index (χ1) is 18.5. The number of primary amides is 1. The first kappa shape index (κ1) is 26.3. The van der Waals surface area contributed by atoms with Crippen molar-refractivity contribution in [2.45, 2.75) is 24.9 Å². The molecule has 0 aliphatic carbocycles. The Bertz CT molecular complexity index is 1580. The molecule has 39 heavy (non-hydrogen) atoms. The molecule has 0 radical (unpaired) electrons. The second-order valence-electron chi connectivity index (χ2n) is 9.03. The number of halogens is 6. The third kappa shape index (κ3) is 4.71. The summed E-state index contributed by atoms with van der Waals surface area (Å²) in [5.41, 5.74) is 9.01. The molecule has 2 aromatic heterocycles. The Balaban J connectivity index is 1.66. The summed E-state index contributed by atoms with van der Waals surface area (Å²) in [5, 5.41) is 7.49. The molecule has 2 amide bonds. The summed E-state index contributed by atoms with van der Waals surface area (Å²) in [6.45, 7) is 1.50. The van der Waals surface area contributed by atoms with Crippen molar-refractivity contribution in [2.75, 3.05) is 23.7 Å². The van der Waals surface area contributed by atoms with Gasteiger partial charge in [0.2, 0.25) is 0 Å². The largest absolute Gasteiger partial charge is 0.416 e. The number of benzene rings is 2. The molecule has 8 nitrogen and oxygen atoms in total. The highest BCUT2D eigenvalue weighted by Crippen LogP contribution is 2.41. The van der Waals surface area contributed by atoms with Crippen LogP contribution in [0.5, 0.6) is 0 Å². The van der Waals surface area contributed by atoms with Crippen molar-refractivity contribution >= 4 is 28.7 Å². The molecule has 204 valence electrons. The van der Waals surface area contributed by atoms with Gasteiger partial charge in [-0.15, -0.1) is 0 Å². The normalized spacial score (nSPS) is 14.6. The van der Waals surface area contributed by atoms with Crippen LogP contribution in [0.15, 0.2) is 42.7 Å². The molecule has 5 rings (SSSR count). The van der Waals surface area contributed by atoms with Crippen LogP contribution in [0.4, 0.5) is 48.3 Å². The Kier molecular flexibility index (Phi) is 6.58. The number of nitrogen functional groups attached to an aromatic ring is 1. The number of urea groups is 1. The molecular formula is C25H21F6N7O. The molecule has 1 aliphatic rings. The number of anilines is 3. The number of carbonyl (C=O) groups is 1. The van der Waals surface area contributed by atoms with Crippen LogP contribution >= 0.6 is 0 Å². The molecule has 0 spiro atoms. The van der Waals surface area contributed by atoms with E-state index in [1.54, 1.807) is 6.07 Å². The lowest BCUT2D eigenvalue weighted by atomic mass is 9.94. The van der Waals surface area contributed by atoms with Gasteiger partial charge in [-0.3, -0.25) is 4.90 Å². The minimum absolute atomic E-state index is 0.00821. The molecule has 1 aliphatic heterocycles. The average molecular weight is 549 g/mol. The number of rotatable bonds is 4. The van der Waals surface area contributed by atoms with Gasteiger partial charge in [-0.05, 0) is 56.3 Å². The molecule has 3 heterocycles. The van der Waals surface area contributed by atoms with E-state index in [0.29, 0.717) is 23.9 Å². The number of carbonyl (C=O) groups excluding carboxylic acids is 1. The number of amides is 2. The lowest BCUT2D eigenvalue weighted by molar-refractivity contribution is -0.137. The number of nitrogens with two attached hydrogens (primary N) is 2. The molecule has 4 aromatic rings. The fourth-order valence-electron chi connectivity index (χ4n) is 4.85. The third-order valence-corrected chi connectivity index (χ3v) is 6.67. The Hall–Kier alpha value is -4.33. The summed E-state index contributed by atoms with van der Waals surface area (Å²) in [5.74, 6) is -3.57. The monoisotopic (exact) mass is 549 g/mol. The van der Waals surface area contributed by atoms with Crippen LogP contribution in [-0.2, 0) is 6.18 Å². The summed E-state index contributed by atoms with van der Waals surface area (Å²) < 4.78 is 86.9. The summed E-state index contributed by atoms with van der Waals surface area (Å²) >= 11 is 0. The predicted molar refractivity (Wildman–Crippen MR) is 131 cm³/mol. The minimum Gasteiger partial charge on any atom is -0.382 e. The van der Waals surface area contributed by atoms with Crippen molar-refractivity contribution in [1.29, 1.82) is 0 Å². The number of nitrogens with one attached hydrogen (secondary N) is 1. The van der Waals surface area contributed by atoms with Gasteiger partial charge in [0.1, 0.15) is 29.3 Å². The fraction of sp³-hybridized carbons (Fsp3) is 0.240. The molecule has 5 N–H and O–H groups in total. The van der Waals surface area contributed by atoms with Gasteiger partial charge in [-0.25, -0.2) is 27.5 Å². The van der Waals surface area contributed by atoms with E-state index in [1.165, 1.54) is 10.8 Å². The SMILES string of the molecule is NC(=O)N(c1cc(C(F)(F)F)ccc1F)c1cc(F)c(-c2cc(C3CCNCC3)n3ncnc(N)c23)cc1F. The molecule has 0 atom stereocenters. The van der Waals surface area contributed by atoms with Crippen LogP contribution < -0.4 is 21.7 Å². The molecule has 1 saturated heterocycles. The van der Waals surface area contributed by atoms with E-state index in [9.17, 15) is 22.4 Å². The van der Waals surface area contributed by atoms with E-state index < -0.39 is 46.6 Å². The zero-order valence-electron chi connectivity index (χ0n) is 20.1. The maximum atomic E-state index is 15.6. The lowest BCUT2D eigenvalue weighted by Gasteiger charge is -2.23. The molecule has 0 bridgehead atoms. The zero-order chi connectivity index (χ0) is 28.1. The second-order valence-corrected chi connectivity index (χ2v) is 9.03. The average Bonchev–Trinajstić information content (AvgIpc) is 3.27. The first-order valence-electron chi connectivity index (χ1n) is 11.8. The minimum atomic E-state index is -4.90. The Morgan fingerprint density at radius 2 is 1.67 bits per heavy atom. The molecular weight excluding hydrogens is 528 g/mol. The van der Waals surface area contributed by atoms with E-state index in [2.05, 4.69) is 15.4 Å². The molecule has 14 heteroatoms. The van der Waals surface area contributed by atoms with Gasteiger partial charge in [0, 0.05) is 28.8 Å². The van der Waals surface area contributed by atoms with E-state index >= 15 is 8.78 Å². The molecule has 1 fully saturated rings. The highest BCUT2D eigenvalue weighted by Gasteiger charge is 2.34. The Morgan fingerprint density at radius 1 is 0.974 bits per heavy atom. The quantitative estimate of drug-likeness (QED) is 0.307. The number of piperidine rings is 1. The van der Waals surface area contributed by atoms with Gasteiger partial charge in [-0.1, -0.05) is 0 Å².